The Hall–Kier alpha value is -2.28. The highest BCUT2D eigenvalue weighted by Gasteiger charge is 2.33. The van der Waals surface area contributed by atoms with Crippen LogP contribution >= 0.6 is 0 Å². The number of carbonyl (C=O) groups is 1. The van der Waals surface area contributed by atoms with Gasteiger partial charge in [0.25, 0.3) is 5.91 Å². The van der Waals surface area contributed by atoms with E-state index in [4.69, 9.17) is 0 Å². The lowest BCUT2D eigenvalue weighted by molar-refractivity contribution is 0.0700. The Morgan fingerprint density at radius 2 is 1.93 bits per heavy atom. The van der Waals surface area contributed by atoms with Crippen molar-refractivity contribution in [2.24, 2.45) is 0 Å². The Labute approximate surface area is 172 Å². The molecule has 1 aliphatic carbocycles. The zero-order valence-corrected chi connectivity index (χ0v) is 17.3. The smallest absolute Gasteiger partial charge is 0.255 e. The van der Waals surface area contributed by atoms with Crippen LogP contribution in [0.25, 0.3) is 0 Å². The zero-order chi connectivity index (χ0) is 19.8. The van der Waals surface area contributed by atoms with E-state index in [9.17, 15) is 4.79 Å². The molecule has 0 radical (unpaired) electrons. The number of nitrogens with zero attached hydrogens (tertiary/aromatic N) is 6. The molecule has 7 heteroatoms. The first-order valence-electron chi connectivity index (χ1n) is 11.1. The van der Waals surface area contributed by atoms with Crippen molar-refractivity contribution >= 4 is 5.91 Å². The van der Waals surface area contributed by atoms with Gasteiger partial charge >= 0.3 is 0 Å². The van der Waals surface area contributed by atoms with Crippen molar-refractivity contribution in [3.63, 3.8) is 0 Å². The van der Waals surface area contributed by atoms with Crippen LogP contribution in [0.15, 0.2) is 18.5 Å². The summed E-state index contributed by atoms with van der Waals surface area (Å²) in [6.07, 6.45) is 10.9. The lowest BCUT2D eigenvalue weighted by Gasteiger charge is -2.35. The average molecular weight is 395 g/mol. The Morgan fingerprint density at radius 3 is 2.76 bits per heavy atom. The molecule has 2 aromatic heterocycles. The van der Waals surface area contributed by atoms with Crippen molar-refractivity contribution in [3.05, 3.63) is 41.2 Å². The van der Waals surface area contributed by atoms with Crippen LogP contribution in [0.3, 0.4) is 0 Å². The molecule has 1 amide bonds. The molecule has 0 unspecified atom stereocenters. The summed E-state index contributed by atoms with van der Waals surface area (Å²) < 4.78 is 2.33. The van der Waals surface area contributed by atoms with Gasteiger partial charge in [-0.3, -0.25) is 14.7 Å². The molecule has 4 heterocycles. The summed E-state index contributed by atoms with van der Waals surface area (Å²) in [6.45, 7) is 6.48. The molecular formula is C22H30N6O. The van der Waals surface area contributed by atoms with Crippen molar-refractivity contribution in [3.8, 4) is 0 Å². The third-order valence-corrected chi connectivity index (χ3v) is 7.00. The number of pyridine rings is 1. The fourth-order valence-corrected chi connectivity index (χ4v) is 5.31. The standard InChI is InChI=1S/C22H30N6O/c1-16-8-9-23-13-19(16)22(29)27-10-4-5-17(14-27)21-25-24-20-15-26(11-12-28(20)21)18-6-2-3-7-18/h8-9,13,17-18H,2-7,10-12,14-15H2,1H3/t17-/m0/s1. The molecule has 2 aromatic rings. The van der Waals surface area contributed by atoms with Gasteiger partial charge in [0.1, 0.15) is 11.6 Å². The van der Waals surface area contributed by atoms with E-state index in [0.29, 0.717) is 5.56 Å². The second-order valence-corrected chi connectivity index (χ2v) is 8.82. The maximum Gasteiger partial charge on any atom is 0.255 e. The summed E-state index contributed by atoms with van der Waals surface area (Å²) in [5, 5.41) is 9.16. The SMILES string of the molecule is Cc1ccncc1C(=O)N1CCC[C@H](c2nnc3n2CCN(C2CCCC2)C3)C1. The quantitative estimate of drug-likeness (QED) is 0.801. The Balaban J connectivity index is 1.31. The minimum Gasteiger partial charge on any atom is -0.338 e. The van der Waals surface area contributed by atoms with Gasteiger partial charge in [-0.15, -0.1) is 10.2 Å². The molecular weight excluding hydrogens is 364 g/mol. The van der Waals surface area contributed by atoms with Crippen LogP contribution in [0, 0.1) is 6.92 Å². The zero-order valence-electron chi connectivity index (χ0n) is 17.3. The van der Waals surface area contributed by atoms with Gasteiger partial charge in [-0.25, -0.2) is 0 Å². The predicted molar refractivity (Wildman–Crippen MR) is 110 cm³/mol. The number of aromatic nitrogens is 4. The molecule has 7 nitrogen and oxygen atoms in total. The lowest BCUT2D eigenvalue weighted by Crippen LogP contribution is -2.42. The highest BCUT2D eigenvalue weighted by atomic mass is 16.2. The molecule has 0 spiro atoms. The number of hydrogen-bond donors (Lipinski definition) is 0. The Morgan fingerprint density at radius 1 is 1.07 bits per heavy atom. The first-order valence-corrected chi connectivity index (χ1v) is 11.1. The van der Waals surface area contributed by atoms with Crippen LogP contribution in [0.2, 0.25) is 0 Å². The van der Waals surface area contributed by atoms with E-state index in [1.165, 1.54) is 25.7 Å². The molecule has 1 atom stereocenters. The first-order chi connectivity index (χ1) is 14.2. The topological polar surface area (TPSA) is 67.2 Å². The number of aryl methyl sites for hydroxylation is 1. The van der Waals surface area contributed by atoms with Gasteiger partial charge in [-0.05, 0) is 44.2 Å². The van der Waals surface area contributed by atoms with Crippen molar-refractivity contribution in [1.29, 1.82) is 0 Å². The van der Waals surface area contributed by atoms with Gasteiger partial charge in [-0.2, -0.15) is 0 Å². The minimum absolute atomic E-state index is 0.0890. The number of piperidine rings is 1. The van der Waals surface area contributed by atoms with Crippen LogP contribution < -0.4 is 0 Å². The number of likely N-dealkylation sites (tertiary alicyclic amines) is 1. The van der Waals surface area contributed by atoms with E-state index >= 15 is 0 Å². The van der Waals surface area contributed by atoms with Crippen LogP contribution in [-0.2, 0) is 13.1 Å². The molecule has 0 bridgehead atoms. The number of hydrogen-bond acceptors (Lipinski definition) is 5. The molecule has 0 aromatic carbocycles. The van der Waals surface area contributed by atoms with Crippen molar-refractivity contribution in [1.82, 2.24) is 29.5 Å². The summed E-state index contributed by atoms with van der Waals surface area (Å²) in [5.74, 6) is 2.53. The monoisotopic (exact) mass is 394 g/mol. The number of rotatable bonds is 3. The van der Waals surface area contributed by atoms with Crippen LogP contribution in [-0.4, -0.2) is 61.1 Å². The van der Waals surface area contributed by atoms with E-state index in [2.05, 4.69) is 24.6 Å². The molecule has 0 N–H and O–H groups in total. The first kappa shape index (κ1) is 18.7. The van der Waals surface area contributed by atoms with Crippen LogP contribution in [0.4, 0.5) is 0 Å². The average Bonchev–Trinajstić information content (AvgIpc) is 3.43. The van der Waals surface area contributed by atoms with E-state index < -0.39 is 0 Å². The van der Waals surface area contributed by atoms with Gasteiger partial charge in [0.05, 0.1) is 12.1 Å². The van der Waals surface area contributed by atoms with Crippen molar-refractivity contribution < 1.29 is 4.79 Å². The summed E-state index contributed by atoms with van der Waals surface area (Å²) in [6, 6.07) is 2.63. The van der Waals surface area contributed by atoms with E-state index in [1.54, 1.807) is 12.4 Å². The van der Waals surface area contributed by atoms with Gasteiger partial charge in [0.15, 0.2) is 0 Å². The van der Waals surface area contributed by atoms with E-state index in [0.717, 1.165) is 68.8 Å². The van der Waals surface area contributed by atoms with Gasteiger partial charge in [0, 0.05) is 50.5 Å². The molecule has 3 aliphatic rings. The van der Waals surface area contributed by atoms with Gasteiger partial charge in [0.2, 0.25) is 0 Å². The van der Waals surface area contributed by atoms with Crippen molar-refractivity contribution in [2.75, 3.05) is 19.6 Å². The normalized spacial score (nSPS) is 23.3. The third kappa shape index (κ3) is 3.56. The lowest BCUT2D eigenvalue weighted by atomic mass is 9.96. The molecule has 5 rings (SSSR count). The summed E-state index contributed by atoms with van der Waals surface area (Å²) in [5.41, 5.74) is 1.70. The molecule has 154 valence electrons. The summed E-state index contributed by atoms with van der Waals surface area (Å²) in [4.78, 5) is 21.8. The molecule has 1 saturated heterocycles. The predicted octanol–water partition coefficient (Wildman–Crippen LogP) is 2.76. The highest BCUT2D eigenvalue weighted by molar-refractivity contribution is 5.95. The second-order valence-electron chi connectivity index (χ2n) is 8.82. The van der Waals surface area contributed by atoms with Gasteiger partial charge < -0.3 is 9.47 Å². The van der Waals surface area contributed by atoms with Crippen LogP contribution in [0.1, 0.15) is 72.0 Å². The third-order valence-electron chi connectivity index (χ3n) is 7.00. The Bertz CT molecular complexity index is 887. The van der Waals surface area contributed by atoms with E-state index in [1.807, 2.05) is 17.9 Å². The Kier molecular flexibility index (Phi) is 5.08. The molecule has 2 aliphatic heterocycles. The molecule has 1 saturated carbocycles. The summed E-state index contributed by atoms with van der Waals surface area (Å²) in [7, 11) is 0. The maximum absolute atomic E-state index is 13.1. The number of amides is 1. The molecule has 29 heavy (non-hydrogen) atoms. The van der Waals surface area contributed by atoms with Crippen molar-refractivity contribution in [2.45, 2.75) is 70.5 Å². The fraction of sp³-hybridized carbons (Fsp3) is 0.636. The fourth-order valence-electron chi connectivity index (χ4n) is 5.31. The minimum atomic E-state index is 0.0890. The number of fused-ring (bicyclic) bond motifs is 1. The molecule has 2 fully saturated rings. The highest BCUT2D eigenvalue weighted by Crippen LogP contribution is 2.31. The largest absolute Gasteiger partial charge is 0.338 e. The summed E-state index contributed by atoms with van der Waals surface area (Å²) >= 11 is 0. The van der Waals surface area contributed by atoms with E-state index in [-0.39, 0.29) is 11.8 Å². The maximum atomic E-state index is 13.1. The second kappa shape index (κ2) is 7.86. The van der Waals surface area contributed by atoms with Crippen LogP contribution in [0.5, 0.6) is 0 Å². The van der Waals surface area contributed by atoms with Gasteiger partial charge in [-0.1, -0.05) is 12.8 Å². The number of carbonyl (C=O) groups excluding carboxylic acids is 1.